The molecule has 0 saturated heterocycles. The minimum atomic E-state index is -4.36. The Labute approximate surface area is 312 Å². The Morgan fingerprint density at radius 3 is 1.49 bits per heavy atom. The summed E-state index contributed by atoms with van der Waals surface area (Å²) in [7, 11) is -4.36. The third kappa shape index (κ3) is 38.0. The van der Waals surface area contributed by atoms with Gasteiger partial charge in [-0.1, -0.05) is 160 Å². The second-order valence-corrected chi connectivity index (χ2v) is 15.3. The highest BCUT2D eigenvalue weighted by molar-refractivity contribution is 7.47. The maximum atomic E-state index is 12.5. The smallest absolute Gasteiger partial charge is 0.462 e. The molecule has 0 rings (SSSR count). The summed E-state index contributed by atoms with van der Waals surface area (Å²) in [6.45, 7) is 3.67. The molecule has 51 heavy (non-hydrogen) atoms. The number of phosphoric acid groups is 1. The van der Waals surface area contributed by atoms with Gasteiger partial charge in [-0.3, -0.25) is 18.6 Å². The van der Waals surface area contributed by atoms with E-state index in [4.69, 9.17) is 24.3 Å². The van der Waals surface area contributed by atoms with E-state index in [1.54, 1.807) is 0 Å². The van der Waals surface area contributed by atoms with Crippen LogP contribution in [0.2, 0.25) is 0 Å². The number of carbonyl (C=O) groups excluding carboxylic acids is 2. The molecule has 0 aromatic rings. The Morgan fingerprint density at radius 2 is 1.02 bits per heavy atom. The average molecular weight is 744 g/mol. The molecule has 300 valence electrons. The van der Waals surface area contributed by atoms with Crippen molar-refractivity contribution in [1.82, 2.24) is 0 Å². The molecule has 2 unspecified atom stereocenters. The van der Waals surface area contributed by atoms with Gasteiger partial charge in [0, 0.05) is 19.4 Å². The van der Waals surface area contributed by atoms with E-state index in [1.807, 2.05) is 0 Å². The zero-order chi connectivity index (χ0) is 37.5. The first-order chi connectivity index (χ1) is 24.8. The van der Waals surface area contributed by atoms with Gasteiger partial charge in [-0.2, -0.15) is 0 Å². The number of ether oxygens (including phenoxy) is 2. The molecular weight excluding hydrogens is 665 g/mol. The summed E-state index contributed by atoms with van der Waals surface area (Å²) in [5.74, 6) is -0.834. The monoisotopic (exact) mass is 744 g/mol. The van der Waals surface area contributed by atoms with Gasteiger partial charge >= 0.3 is 19.8 Å². The Kier molecular flexibility index (Phi) is 37.1. The van der Waals surface area contributed by atoms with Gasteiger partial charge < -0.3 is 20.1 Å². The summed E-state index contributed by atoms with van der Waals surface area (Å²) in [5.41, 5.74) is 5.33. The van der Waals surface area contributed by atoms with E-state index in [1.165, 1.54) is 116 Å². The third-order valence-corrected chi connectivity index (χ3v) is 9.82. The standard InChI is InChI=1S/C41H78NO8P/c1-3-5-7-9-11-12-13-14-15-16-17-18-19-20-21-22-23-24-25-26-28-30-32-34-41(44)50-39(38-49-51(45,46)48-36-35-42)37-47-40(43)33-31-29-27-10-8-6-4-2/h13-14,16-17,39H,3-12,15,18-38,42H2,1-2H3,(H,45,46)/b14-13-,17-16-. The van der Waals surface area contributed by atoms with Gasteiger partial charge in [0.25, 0.3) is 0 Å². The highest BCUT2D eigenvalue weighted by Crippen LogP contribution is 2.43. The lowest BCUT2D eigenvalue weighted by molar-refractivity contribution is -0.161. The quantitative estimate of drug-likeness (QED) is 0.0273. The highest BCUT2D eigenvalue weighted by Gasteiger charge is 2.26. The first-order valence-electron chi connectivity index (χ1n) is 20.8. The van der Waals surface area contributed by atoms with Crippen molar-refractivity contribution < 1.29 is 37.6 Å². The normalized spacial score (nSPS) is 13.6. The lowest BCUT2D eigenvalue weighted by atomic mass is 10.0. The van der Waals surface area contributed by atoms with E-state index in [0.29, 0.717) is 6.42 Å². The highest BCUT2D eigenvalue weighted by atomic mass is 31.2. The molecule has 0 aromatic carbocycles. The van der Waals surface area contributed by atoms with E-state index in [-0.39, 0.29) is 38.6 Å². The Morgan fingerprint density at radius 1 is 0.588 bits per heavy atom. The number of esters is 2. The molecule has 0 heterocycles. The third-order valence-electron chi connectivity index (χ3n) is 8.84. The fourth-order valence-corrected chi connectivity index (χ4v) is 6.49. The van der Waals surface area contributed by atoms with Crippen LogP contribution in [-0.4, -0.2) is 49.3 Å². The summed E-state index contributed by atoms with van der Waals surface area (Å²) in [5, 5.41) is 0. The van der Waals surface area contributed by atoms with Crippen LogP contribution in [0, 0.1) is 0 Å². The molecular formula is C41H78NO8P. The number of nitrogens with two attached hydrogens (primary N) is 1. The number of rotatable bonds is 39. The Hall–Kier alpha value is -1.51. The fraction of sp³-hybridized carbons (Fsp3) is 0.854. The molecule has 0 spiro atoms. The lowest BCUT2D eigenvalue weighted by Gasteiger charge is -2.19. The van der Waals surface area contributed by atoms with E-state index in [9.17, 15) is 19.0 Å². The summed E-state index contributed by atoms with van der Waals surface area (Å²) in [4.78, 5) is 34.6. The fourth-order valence-electron chi connectivity index (χ4n) is 5.72. The van der Waals surface area contributed by atoms with Crippen LogP contribution in [0.3, 0.4) is 0 Å². The van der Waals surface area contributed by atoms with Gasteiger partial charge in [-0.25, -0.2) is 4.57 Å². The molecule has 0 aliphatic carbocycles. The summed E-state index contributed by atoms with van der Waals surface area (Å²) in [6.07, 6.45) is 39.5. The Balaban J connectivity index is 4.00. The van der Waals surface area contributed by atoms with Crippen LogP contribution in [0.4, 0.5) is 0 Å². The molecule has 3 N–H and O–H groups in total. The van der Waals surface area contributed by atoms with Crippen LogP contribution in [0.25, 0.3) is 0 Å². The zero-order valence-electron chi connectivity index (χ0n) is 32.8. The van der Waals surface area contributed by atoms with Crippen LogP contribution >= 0.6 is 7.82 Å². The van der Waals surface area contributed by atoms with Crippen molar-refractivity contribution in [3.05, 3.63) is 24.3 Å². The molecule has 10 heteroatoms. The van der Waals surface area contributed by atoms with Crippen molar-refractivity contribution in [3.8, 4) is 0 Å². The van der Waals surface area contributed by atoms with E-state index in [0.717, 1.165) is 44.9 Å². The second kappa shape index (κ2) is 38.2. The van der Waals surface area contributed by atoms with Gasteiger partial charge in [0.05, 0.1) is 13.2 Å². The minimum absolute atomic E-state index is 0.0544. The van der Waals surface area contributed by atoms with Gasteiger partial charge in [0.15, 0.2) is 6.10 Å². The van der Waals surface area contributed by atoms with Crippen LogP contribution in [0.5, 0.6) is 0 Å². The lowest BCUT2D eigenvalue weighted by Crippen LogP contribution is -2.29. The second-order valence-electron chi connectivity index (χ2n) is 13.9. The van der Waals surface area contributed by atoms with Gasteiger partial charge in [0.2, 0.25) is 0 Å². The first kappa shape index (κ1) is 49.5. The summed E-state index contributed by atoms with van der Waals surface area (Å²) in [6, 6.07) is 0. The average Bonchev–Trinajstić information content (AvgIpc) is 3.11. The van der Waals surface area contributed by atoms with Gasteiger partial charge in [-0.15, -0.1) is 0 Å². The van der Waals surface area contributed by atoms with Gasteiger partial charge in [-0.05, 0) is 44.9 Å². The Bertz CT molecular complexity index is 897. The molecule has 0 aliphatic rings. The number of carbonyl (C=O) groups is 2. The predicted octanol–water partition coefficient (Wildman–Crippen LogP) is 11.6. The number of unbranched alkanes of at least 4 members (excludes halogenated alkanes) is 22. The topological polar surface area (TPSA) is 134 Å². The minimum Gasteiger partial charge on any atom is -0.462 e. The van der Waals surface area contributed by atoms with Crippen LogP contribution in [0.1, 0.15) is 194 Å². The van der Waals surface area contributed by atoms with Crippen LogP contribution < -0.4 is 5.73 Å². The largest absolute Gasteiger partial charge is 0.472 e. The molecule has 0 aliphatic heterocycles. The van der Waals surface area contributed by atoms with Crippen molar-refractivity contribution in [2.24, 2.45) is 5.73 Å². The molecule has 2 atom stereocenters. The van der Waals surface area contributed by atoms with Crippen LogP contribution in [0.15, 0.2) is 24.3 Å². The number of phosphoric ester groups is 1. The van der Waals surface area contributed by atoms with Gasteiger partial charge in [0.1, 0.15) is 6.61 Å². The number of hydrogen-bond donors (Lipinski definition) is 2. The number of allylic oxidation sites excluding steroid dienone is 4. The van der Waals surface area contributed by atoms with Crippen molar-refractivity contribution in [1.29, 1.82) is 0 Å². The van der Waals surface area contributed by atoms with E-state index in [2.05, 4.69) is 38.2 Å². The molecule has 0 radical (unpaired) electrons. The molecule has 0 amide bonds. The predicted molar refractivity (Wildman–Crippen MR) is 211 cm³/mol. The van der Waals surface area contributed by atoms with Crippen molar-refractivity contribution >= 4 is 19.8 Å². The SMILES string of the molecule is CCCCCCC/C=C\C/C=C\CCCCCCCCCCCCCC(=O)OC(COC(=O)CCCCCCCCC)COP(=O)(O)OCCN. The van der Waals surface area contributed by atoms with Crippen LogP contribution in [-0.2, 0) is 32.7 Å². The molecule has 0 bridgehead atoms. The first-order valence-corrected chi connectivity index (χ1v) is 22.3. The van der Waals surface area contributed by atoms with E-state index >= 15 is 0 Å². The van der Waals surface area contributed by atoms with Crippen molar-refractivity contribution in [2.75, 3.05) is 26.4 Å². The number of hydrogen-bond acceptors (Lipinski definition) is 8. The summed E-state index contributed by atoms with van der Waals surface area (Å²) >= 11 is 0. The summed E-state index contributed by atoms with van der Waals surface area (Å²) < 4.78 is 32.6. The van der Waals surface area contributed by atoms with Crippen molar-refractivity contribution in [2.45, 2.75) is 200 Å². The molecule has 0 aromatic heterocycles. The molecule has 0 saturated carbocycles. The molecule has 0 fully saturated rings. The molecule has 9 nitrogen and oxygen atoms in total. The maximum absolute atomic E-state index is 12.5. The van der Waals surface area contributed by atoms with Crippen molar-refractivity contribution in [3.63, 3.8) is 0 Å². The maximum Gasteiger partial charge on any atom is 0.472 e. The zero-order valence-corrected chi connectivity index (χ0v) is 33.7. The van der Waals surface area contributed by atoms with E-state index < -0.39 is 26.5 Å².